The Bertz CT molecular complexity index is 1250. The highest BCUT2D eigenvalue weighted by atomic mass is 19.4. The summed E-state index contributed by atoms with van der Waals surface area (Å²) < 4.78 is 47.3. The fraction of sp³-hybridized carbons (Fsp3) is 0.150. The van der Waals surface area contributed by atoms with Crippen molar-refractivity contribution in [1.82, 2.24) is 20.1 Å². The Hall–Kier alpha value is -4.02. The molecule has 1 amide bonds. The number of ether oxygens (including phenoxy) is 1. The van der Waals surface area contributed by atoms with Crippen LogP contribution in [0.4, 0.5) is 23.8 Å². The molecule has 0 radical (unpaired) electrons. The minimum atomic E-state index is -4.74. The summed E-state index contributed by atoms with van der Waals surface area (Å²) in [5, 5.41) is 7.65. The highest BCUT2D eigenvalue weighted by Gasteiger charge is 2.38. The molecule has 0 bridgehead atoms. The number of carbonyl (C=O) groups is 1. The summed E-state index contributed by atoms with van der Waals surface area (Å²) in [6.45, 7) is 1.62. The quantitative estimate of drug-likeness (QED) is 0.499. The van der Waals surface area contributed by atoms with Crippen molar-refractivity contribution in [1.29, 1.82) is 0 Å². The van der Waals surface area contributed by atoms with Gasteiger partial charge in [0.05, 0.1) is 0 Å². The van der Waals surface area contributed by atoms with Gasteiger partial charge in [-0.2, -0.15) is 18.2 Å². The Balaban J connectivity index is 1.43. The predicted molar refractivity (Wildman–Crippen MR) is 103 cm³/mol. The van der Waals surface area contributed by atoms with E-state index >= 15 is 0 Å². The van der Waals surface area contributed by atoms with E-state index in [9.17, 15) is 18.0 Å². The van der Waals surface area contributed by atoms with Crippen LogP contribution in [-0.4, -0.2) is 26.2 Å². The lowest BCUT2D eigenvalue weighted by Gasteiger charge is -2.10. The molecule has 158 valence electrons. The van der Waals surface area contributed by atoms with Crippen LogP contribution in [0, 0.1) is 6.92 Å². The Morgan fingerprint density at radius 3 is 2.74 bits per heavy atom. The molecule has 0 unspecified atom stereocenters. The van der Waals surface area contributed by atoms with Crippen LogP contribution in [0.1, 0.15) is 17.0 Å². The maximum atomic E-state index is 12.6. The number of amides is 1. The van der Waals surface area contributed by atoms with Crippen LogP contribution in [0.3, 0.4) is 0 Å². The summed E-state index contributed by atoms with van der Waals surface area (Å²) in [7, 11) is 0. The Kier molecular flexibility index (Phi) is 5.24. The van der Waals surface area contributed by atoms with Crippen molar-refractivity contribution in [3.8, 4) is 11.4 Å². The SMILES string of the molecule is Cc1cc(-c2noc(C(F)(F)F)n2)cnc1NC(=O)OCc1cncc2ccccc12. The minimum Gasteiger partial charge on any atom is -0.444 e. The second-order valence-corrected chi connectivity index (χ2v) is 6.53. The second-order valence-electron chi connectivity index (χ2n) is 6.53. The lowest BCUT2D eigenvalue weighted by Crippen LogP contribution is -2.15. The molecular formula is C20H14F3N5O3. The normalized spacial score (nSPS) is 11.5. The Morgan fingerprint density at radius 1 is 1.19 bits per heavy atom. The third-order valence-electron chi connectivity index (χ3n) is 4.33. The van der Waals surface area contributed by atoms with Crippen molar-refractivity contribution in [2.45, 2.75) is 19.7 Å². The summed E-state index contributed by atoms with van der Waals surface area (Å²) in [6.07, 6.45) is -0.917. The highest BCUT2D eigenvalue weighted by molar-refractivity contribution is 5.86. The molecule has 3 heterocycles. The molecular weight excluding hydrogens is 415 g/mol. The molecule has 31 heavy (non-hydrogen) atoms. The molecule has 1 aromatic carbocycles. The predicted octanol–water partition coefficient (Wildman–Crippen LogP) is 4.76. The number of aromatic nitrogens is 4. The van der Waals surface area contributed by atoms with Crippen LogP contribution in [0.5, 0.6) is 0 Å². The fourth-order valence-electron chi connectivity index (χ4n) is 2.85. The van der Waals surface area contributed by atoms with Crippen LogP contribution in [0.2, 0.25) is 0 Å². The van der Waals surface area contributed by atoms with Gasteiger partial charge in [0, 0.05) is 35.1 Å². The average Bonchev–Trinajstić information content (AvgIpc) is 3.24. The number of benzene rings is 1. The Morgan fingerprint density at radius 2 is 2.00 bits per heavy atom. The summed E-state index contributed by atoms with van der Waals surface area (Å²) in [5.41, 5.74) is 1.42. The van der Waals surface area contributed by atoms with Crippen molar-refractivity contribution in [2.75, 3.05) is 5.32 Å². The zero-order valence-electron chi connectivity index (χ0n) is 16.0. The molecule has 4 rings (SSSR count). The number of anilines is 1. The number of aryl methyl sites for hydroxylation is 1. The minimum absolute atomic E-state index is 0.000393. The molecule has 11 heteroatoms. The maximum Gasteiger partial charge on any atom is 0.471 e. The van der Waals surface area contributed by atoms with Crippen LogP contribution >= 0.6 is 0 Å². The molecule has 0 aliphatic rings. The number of pyridine rings is 2. The zero-order valence-corrected chi connectivity index (χ0v) is 16.0. The molecule has 0 saturated carbocycles. The van der Waals surface area contributed by atoms with E-state index in [-0.39, 0.29) is 23.8 Å². The number of nitrogens with one attached hydrogen (secondary N) is 1. The lowest BCUT2D eigenvalue weighted by molar-refractivity contribution is -0.159. The van der Waals surface area contributed by atoms with Crippen molar-refractivity contribution in [2.24, 2.45) is 0 Å². The van der Waals surface area contributed by atoms with Crippen molar-refractivity contribution in [3.05, 3.63) is 65.9 Å². The number of hydrogen-bond acceptors (Lipinski definition) is 7. The molecule has 3 aromatic heterocycles. The van der Waals surface area contributed by atoms with Crippen molar-refractivity contribution < 1.29 is 27.2 Å². The molecule has 0 fully saturated rings. The van der Waals surface area contributed by atoms with Crippen LogP contribution in [0.15, 0.2) is 53.4 Å². The van der Waals surface area contributed by atoms with E-state index in [0.29, 0.717) is 5.56 Å². The third-order valence-corrected chi connectivity index (χ3v) is 4.33. The summed E-state index contributed by atoms with van der Waals surface area (Å²) >= 11 is 0. The van der Waals surface area contributed by atoms with Gasteiger partial charge in [0.15, 0.2) is 0 Å². The zero-order chi connectivity index (χ0) is 22.0. The van der Waals surface area contributed by atoms with Gasteiger partial charge < -0.3 is 9.26 Å². The van der Waals surface area contributed by atoms with E-state index in [2.05, 4.69) is 29.9 Å². The monoisotopic (exact) mass is 429 g/mol. The molecule has 8 nitrogen and oxygen atoms in total. The molecule has 0 aliphatic heterocycles. The number of rotatable bonds is 4. The van der Waals surface area contributed by atoms with E-state index in [1.165, 1.54) is 12.3 Å². The molecule has 4 aromatic rings. The van der Waals surface area contributed by atoms with Gasteiger partial charge in [-0.05, 0) is 23.9 Å². The summed E-state index contributed by atoms with van der Waals surface area (Å²) in [5.74, 6) is -1.53. The van der Waals surface area contributed by atoms with E-state index in [0.717, 1.165) is 16.3 Å². The van der Waals surface area contributed by atoms with Crippen LogP contribution in [0.25, 0.3) is 22.2 Å². The van der Waals surface area contributed by atoms with Gasteiger partial charge in [0.25, 0.3) is 0 Å². The van der Waals surface area contributed by atoms with Gasteiger partial charge in [0.1, 0.15) is 12.4 Å². The first-order chi connectivity index (χ1) is 14.8. The largest absolute Gasteiger partial charge is 0.471 e. The summed E-state index contributed by atoms with van der Waals surface area (Å²) in [6, 6.07) is 9.05. The smallest absolute Gasteiger partial charge is 0.444 e. The number of hydrogen-bond donors (Lipinski definition) is 1. The fourth-order valence-corrected chi connectivity index (χ4v) is 2.85. The second kappa shape index (κ2) is 8.01. The van der Waals surface area contributed by atoms with E-state index in [4.69, 9.17) is 4.74 Å². The average molecular weight is 429 g/mol. The van der Waals surface area contributed by atoms with E-state index in [1.807, 2.05) is 24.3 Å². The topological polar surface area (TPSA) is 103 Å². The first kappa shape index (κ1) is 20.3. The highest BCUT2D eigenvalue weighted by Crippen LogP contribution is 2.29. The standard InChI is InChI=1S/C20H14F3N5O3/c1-11-6-13(17-26-18(31-28-17)20(21,22)23)9-25-16(11)27-19(29)30-10-14-8-24-7-12-4-2-3-5-15(12)14/h2-9H,10H2,1H3,(H,25,27,29). The van der Waals surface area contributed by atoms with Gasteiger partial charge in [-0.3, -0.25) is 10.3 Å². The van der Waals surface area contributed by atoms with Gasteiger partial charge >= 0.3 is 18.2 Å². The van der Waals surface area contributed by atoms with Crippen molar-refractivity contribution in [3.63, 3.8) is 0 Å². The lowest BCUT2D eigenvalue weighted by atomic mass is 10.1. The maximum absolute atomic E-state index is 12.6. The third kappa shape index (κ3) is 4.44. The molecule has 0 aliphatic carbocycles. The van der Waals surface area contributed by atoms with Gasteiger partial charge in [-0.15, -0.1) is 0 Å². The molecule has 1 N–H and O–H groups in total. The van der Waals surface area contributed by atoms with Crippen LogP contribution in [-0.2, 0) is 17.5 Å². The first-order valence-corrected chi connectivity index (χ1v) is 8.94. The van der Waals surface area contributed by atoms with Gasteiger partial charge in [0.2, 0.25) is 5.82 Å². The number of halogens is 3. The van der Waals surface area contributed by atoms with E-state index in [1.54, 1.807) is 19.3 Å². The Labute approximate surface area is 173 Å². The summed E-state index contributed by atoms with van der Waals surface area (Å²) in [4.78, 5) is 23.7. The van der Waals surface area contributed by atoms with Crippen LogP contribution < -0.4 is 5.32 Å². The number of nitrogens with zero attached hydrogens (tertiary/aromatic N) is 4. The van der Waals surface area contributed by atoms with Gasteiger partial charge in [-0.25, -0.2) is 9.78 Å². The first-order valence-electron chi connectivity index (χ1n) is 8.94. The number of alkyl halides is 3. The molecule has 0 saturated heterocycles. The number of fused-ring (bicyclic) bond motifs is 1. The number of carbonyl (C=O) groups excluding carboxylic acids is 1. The van der Waals surface area contributed by atoms with E-state index < -0.39 is 18.2 Å². The molecule has 0 atom stereocenters. The molecule has 0 spiro atoms. The van der Waals surface area contributed by atoms with Crippen molar-refractivity contribution >= 4 is 22.7 Å². The van der Waals surface area contributed by atoms with Gasteiger partial charge in [-0.1, -0.05) is 29.4 Å².